The molecule has 0 atom stereocenters. The number of halogens is 1. The van der Waals surface area contributed by atoms with Crippen LogP contribution in [0.2, 0.25) is 5.02 Å². The summed E-state index contributed by atoms with van der Waals surface area (Å²) in [4.78, 5) is 4.12. The van der Waals surface area contributed by atoms with Crippen molar-refractivity contribution in [2.24, 2.45) is 4.99 Å². The molecule has 0 aliphatic carbocycles. The second-order valence-electron chi connectivity index (χ2n) is 5.46. The summed E-state index contributed by atoms with van der Waals surface area (Å²) in [7, 11) is -0.183. The second-order valence-corrected chi connectivity index (χ2v) is 8.81. The third-order valence-electron chi connectivity index (χ3n) is 3.64. The van der Waals surface area contributed by atoms with Crippen LogP contribution in [0.4, 0.5) is 0 Å². The van der Waals surface area contributed by atoms with E-state index < -0.39 is 10.0 Å². The molecule has 0 aliphatic rings. The molecular formula is C17H23ClN4O3S2. The summed E-state index contributed by atoms with van der Waals surface area (Å²) in [6.45, 7) is 1.30. The van der Waals surface area contributed by atoms with Crippen LogP contribution in [0.15, 0.2) is 44.9 Å². The van der Waals surface area contributed by atoms with Gasteiger partial charge in [-0.3, -0.25) is 4.99 Å². The van der Waals surface area contributed by atoms with E-state index in [4.69, 9.17) is 16.3 Å². The van der Waals surface area contributed by atoms with Crippen LogP contribution in [0.25, 0.3) is 0 Å². The zero-order chi connectivity index (χ0) is 19.7. The quantitative estimate of drug-likeness (QED) is 0.322. The molecular weight excluding hydrogens is 408 g/mol. The van der Waals surface area contributed by atoms with Gasteiger partial charge in [-0.25, -0.2) is 13.1 Å². The second kappa shape index (κ2) is 10.5. The number of sulfonamides is 1. The van der Waals surface area contributed by atoms with E-state index in [9.17, 15) is 8.42 Å². The highest BCUT2D eigenvalue weighted by Gasteiger charge is 2.13. The predicted molar refractivity (Wildman–Crippen MR) is 111 cm³/mol. The van der Waals surface area contributed by atoms with Gasteiger partial charge in [-0.05, 0) is 35.6 Å². The molecule has 0 amide bonds. The van der Waals surface area contributed by atoms with Crippen LogP contribution in [0.5, 0.6) is 5.75 Å². The van der Waals surface area contributed by atoms with Crippen molar-refractivity contribution in [2.75, 3.05) is 33.8 Å². The summed E-state index contributed by atoms with van der Waals surface area (Å²) in [5, 5.41) is 8.63. The number of hydrogen-bond acceptors (Lipinski definition) is 5. The van der Waals surface area contributed by atoms with E-state index in [0.29, 0.717) is 34.7 Å². The molecule has 0 saturated carbocycles. The lowest BCUT2D eigenvalue weighted by Gasteiger charge is -2.13. The number of guanidine groups is 1. The molecule has 2 rings (SSSR count). The summed E-state index contributed by atoms with van der Waals surface area (Å²) in [6, 6.07) is 8.86. The Morgan fingerprint density at radius 2 is 2.00 bits per heavy atom. The summed E-state index contributed by atoms with van der Waals surface area (Å²) in [5.74, 6) is 1.31. The Hall–Kier alpha value is -1.81. The molecule has 1 heterocycles. The smallest absolute Gasteiger partial charge is 0.250 e. The Bertz CT molecular complexity index is 855. The summed E-state index contributed by atoms with van der Waals surface area (Å²) in [5.41, 5.74) is 1.00. The standard InChI is InChI=1S/C17H23ClN4O3S2/c1-19-17(20-8-7-13-5-6-14(25-2)12-15(13)18)21-9-10-22-27(23,24)16-4-3-11-26-16/h3-6,11-12,22H,7-10H2,1-2H3,(H2,19,20,21). The van der Waals surface area contributed by atoms with Gasteiger partial charge in [0.2, 0.25) is 10.0 Å². The summed E-state index contributed by atoms with van der Waals surface area (Å²) in [6.07, 6.45) is 0.717. The molecule has 1 aromatic heterocycles. The van der Waals surface area contributed by atoms with Crippen molar-refractivity contribution in [1.29, 1.82) is 0 Å². The third-order valence-corrected chi connectivity index (χ3v) is 6.85. The van der Waals surface area contributed by atoms with E-state index in [1.54, 1.807) is 37.7 Å². The van der Waals surface area contributed by atoms with E-state index in [-0.39, 0.29) is 6.54 Å². The number of nitrogens with one attached hydrogen (secondary N) is 3. The first-order chi connectivity index (χ1) is 13.0. The number of methoxy groups -OCH3 is 1. The molecule has 27 heavy (non-hydrogen) atoms. The van der Waals surface area contributed by atoms with E-state index in [1.165, 1.54) is 11.3 Å². The molecule has 2 aromatic rings. The van der Waals surface area contributed by atoms with Crippen LogP contribution in [0.3, 0.4) is 0 Å². The Labute approximate surface area is 168 Å². The van der Waals surface area contributed by atoms with Crippen LogP contribution in [0, 0.1) is 0 Å². The van der Waals surface area contributed by atoms with Gasteiger partial charge in [0, 0.05) is 31.7 Å². The van der Waals surface area contributed by atoms with Crippen molar-refractivity contribution in [3.8, 4) is 5.75 Å². The fourth-order valence-electron chi connectivity index (χ4n) is 2.25. The molecule has 0 unspecified atom stereocenters. The van der Waals surface area contributed by atoms with Crippen LogP contribution < -0.4 is 20.1 Å². The Kier molecular flexibility index (Phi) is 8.36. The molecule has 0 fully saturated rings. The highest BCUT2D eigenvalue weighted by Crippen LogP contribution is 2.22. The van der Waals surface area contributed by atoms with Gasteiger partial charge in [0.25, 0.3) is 0 Å². The fraction of sp³-hybridized carbons (Fsp3) is 0.353. The number of nitrogens with zero attached hydrogens (tertiary/aromatic N) is 1. The molecule has 148 valence electrons. The molecule has 3 N–H and O–H groups in total. The maximum absolute atomic E-state index is 12.0. The van der Waals surface area contributed by atoms with Crippen molar-refractivity contribution >= 4 is 38.9 Å². The van der Waals surface area contributed by atoms with Gasteiger partial charge in [0.15, 0.2) is 5.96 Å². The summed E-state index contributed by atoms with van der Waals surface area (Å²) >= 11 is 7.41. The number of rotatable bonds is 9. The third kappa shape index (κ3) is 6.69. The summed E-state index contributed by atoms with van der Waals surface area (Å²) < 4.78 is 32.0. The van der Waals surface area contributed by atoms with Crippen molar-refractivity contribution in [2.45, 2.75) is 10.6 Å². The first-order valence-corrected chi connectivity index (χ1v) is 11.0. The topological polar surface area (TPSA) is 91.8 Å². The minimum atomic E-state index is -3.44. The van der Waals surface area contributed by atoms with Crippen LogP contribution >= 0.6 is 22.9 Å². The van der Waals surface area contributed by atoms with Gasteiger partial charge in [0.05, 0.1) is 7.11 Å². The van der Waals surface area contributed by atoms with Gasteiger partial charge in [-0.15, -0.1) is 11.3 Å². The molecule has 1 aromatic carbocycles. The van der Waals surface area contributed by atoms with Crippen LogP contribution in [-0.2, 0) is 16.4 Å². The van der Waals surface area contributed by atoms with Gasteiger partial charge in [-0.1, -0.05) is 23.7 Å². The van der Waals surface area contributed by atoms with Crippen molar-refractivity contribution < 1.29 is 13.2 Å². The van der Waals surface area contributed by atoms with E-state index in [1.807, 2.05) is 12.1 Å². The lowest BCUT2D eigenvalue weighted by molar-refractivity contribution is 0.414. The number of ether oxygens (including phenoxy) is 1. The number of thiophene rings is 1. The number of benzene rings is 1. The van der Waals surface area contributed by atoms with Crippen molar-refractivity contribution in [1.82, 2.24) is 15.4 Å². The molecule has 0 spiro atoms. The largest absolute Gasteiger partial charge is 0.497 e. The number of hydrogen-bond donors (Lipinski definition) is 3. The first-order valence-electron chi connectivity index (χ1n) is 8.26. The Morgan fingerprint density at radius 1 is 1.22 bits per heavy atom. The van der Waals surface area contributed by atoms with Gasteiger partial charge in [0.1, 0.15) is 9.96 Å². The van der Waals surface area contributed by atoms with E-state index >= 15 is 0 Å². The van der Waals surface area contributed by atoms with Gasteiger partial charge in [-0.2, -0.15) is 0 Å². The molecule has 0 bridgehead atoms. The van der Waals surface area contributed by atoms with E-state index in [2.05, 4.69) is 20.3 Å². The highest BCUT2D eigenvalue weighted by molar-refractivity contribution is 7.91. The normalized spacial score (nSPS) is 12.0. The van der Waals surface area contributed by atoms with Gasteiger partial charge >= 0.3 is 0 Å². The Morgan fingerprint density at radius 3 is 2.63 bits per heavy atom. The minimum Gasteiger partial charge on any atom is -0.497 e. The minimum absolute atomic E-state index is 0.255. The Balaban J connectivity index is 1.72. The lowest BCUT2D eigenvalue weighted by Crippen LogP contribution is -2.42. The molecule has 7 nitrogen and oxygen atoms in total. The molecule has 0 radical (unpaired) electrons. The van der Waals surface area contributed by atoms with E-state index in [0.717, 1.165) is 11.3 Å². The monoisotopic (exact) mass is 430 g/mol. The molecule has 10 heteroatoms. The fourth-order valence-corrected chi connectivity index (χ4v) is 4.58. The SMILES string of the molecule is CN=C(NCCNS(=O)(=O)c1cccs1)NCCc1ccc(OC)cc1Cl. The lowest BCUT2D eigenvalue weighted by atomic mass is 10.1. The average Bonchev–Trinajstić information content (AvgIpc) is 3.20. The van der Waals surface area contributed by atoms with Gasteiger partial charge < -0.3 is 15.4 Å². The van der Waals surface area contributed by atoms with Crippen molar-refractivity contribution in [3.05, 3.63) is 46.3 Å². The predicted octanol–water partition coefficient (Wildman–Crippen LogP) is 2.10. The molecule has 0 aliphatic heterocycles. The zero-order valence-corrected chi connectivity index (χ0v) is 17.5. The maximum Gasteiger partial charge on any atom is 0.250 e. The first kappa shape index (κ1) is 21.5. The number of aliphatic imine (C=N–C) groups is 1. The van der Waals surface area contributed by atoms with Crippen LogP contribution in [-0.4, -0.2) is 48.2 Å². The maximum atomic E-state index is 12.0. The van der Waals surface area contributed by atoms with Crippen molar-refractivity contribution in [3.63, 3.8) is 0 Å². The highest BCUT2D eigenvalue weighted by atomic mass is 35.5. The van der Waals surface area contributed by atoms with Crippen LogP contribution in [0.1, 0.15) is 5.56 Å². The zero-order valence-electron chi connectivity index (χ0n) is 15.2. The molecule has 0 saturated heterocycles. The average molecular weight is 431 g/mol.